The summed E-state index contributed by atoms with van der Waals surface area (Å²) in [5.41, 5.74) is -0.709. The molecule has 0 saturated heterocycles. The average molecular weight is 172 g/mol. The predicted molar refractivity (Wildman–Crippen MR) is 44.8 cm³/mol. The lowest BCUT2D eigenvalue weighted by Crippen LogP contribution is -2.27. The number of aromatic amines is 1. The maximum atomic E-state index is 10.9. The topological polar surface area (TPSA) is 54.9 Å². The van der Waals surface area contributed by atoms with E-state index < -0.39 is 0 Å². The molecule has 60 valence electrons. The normalized spacial score (nSPS) is 9.91. The van der Waals surface area contributed by atoms with Gasteiger partial charge in [-0.3, -0.25) is 14.3 Å². The maximum Gasteiger partial charge on any atom is 0.329 e. The molecule has 5 heteroatoms. The molecule has 0 aromatic carbocycles. The van der Waals surface area contributed by atoms with Gasteiger partial charge >= 0.3 is 5.69 Å². The van der Waals surface area contributed by atoms with Crippen molar-refractivity contribution in [3.8, 4) is 0 Å². The van der Waals surface area contributed by atoms with Crippen molar-refractivity contribution >= 4 is 11.8 Å². The molecule has 0 aliphatic rings. The first-order valence-corrected chi connectivity index (χ1v) is 4.42. The van der Waals surface area contributed by atoms with Gasteiger partial charge in [0.25, 0.3) is 5.56 Å². The van der Waals surface area contributed by atoms with Crippen molar-refractivity contribution in [3.05, 3.63) is 33.1 Å². The van der Waals surface area contributed by atoms with Crippen LogP contribution in [0.3, 0.4) is 0 Å². The summed E-state index contributed by atoms with van der Waals surface area (Å²) in [4.78, 5) is 23.7. The number of H-pyrrole nitrogens is 1. The molecule has 1 aromatic heterocycles. The number of rotatable bonds is 2. The molecule has 0 spiro atoms. The summed E-state index contributed by atoms with van der Waals surface area (Å²) in [5, 5.41) is 0. The van der Waals surface area contributed by atoms with E-state index in [0.29, 0.717) is 5.88 Å². The minimum Gasteiger partial charge on any atom is -0.291 e. The maximum absolute atomic E-state index is 10.9. The minimum atomic E-state index is -0.355. The molecule has 0 aliphatic carbocycles. The Labute approximate surface area is 67.3 Å². The van der Waals surface area contributed by atoms with Crippen LogP contribution >= 0.6 is 11.8 Å². The van der Waals surface area contributed by atoms with Gasteiger partial charge in [-0.15, -0.1) is 11.8 Å². The number of nitrogens with one attached hydrogen (secondary N) is 1. The molecule has 0 amide bonds. The highest BCUT2D eigenvalue weighted by Crippen LogP contribution is 1.92. The first-order valence-electron chi connectivity index (χ1n) is 3.03. The monoisotopic (exact) mass is 172 g/mol. The van der Waals surface area contributed by atoms with Gasteiger partial charge in [-0.1, -0.05) is 0 Å². The van der Waals surface area contributed by atoms with Crippen LogP contribution in [0.25, 0.3) is 0 Å². The Hall–Kier alpha value is -0.970. The highest BCUT2D eigenvalue weighted by atomic mass is 32.2. The van der Waals surface area contributed by atoms with Crippen molar-refractivity contribution in [1.82, 2.24) is 9.55 Å². The molecule has 0 saturated carbocycles. The number of hydrogen-bond donors (Lipinski definition) is 1. The lowest BCUT2D eigenvalue weighted by molar-refractivity contribution is 0.785. The molecule has 0 fully saturated rings. The molecule has 1 N–H and O–H groups in total. The Bertz CT molecular complexity index is 341. The fourth-order valence-corrected chi connectivity index (χ4v) is 1.17. The fraction of sp³-hybridized carbons (Fsp3) is 0.333. The van der Waals surface area contributed by atoms with Crippen LogP contribution in [0.15, 0.2) is 21.9 Å². The summed E-state index contributed by atoms with van der Waals surface area (Å²) in [6.07, 6.45) is 3.37. The van der Waals surface area contributed by atoms with Crippen molar-refractivity contribution in [2.75, 3.05) is 6.26 Å². The highest BCUT2D eigenvalue weighted by Gasteiger charge is 1.92. The summed E-state index contributed by atoms with van der Waals surface area (Å²) >= 11 is 1.52. The summed E-state index contributed by atoms with van der Waals surface area (Å²) < 4.78 is 1.44. The van der Waals surface area contributed by atoms with E-state index in [-0.39, 0.29) is 11.2 Å². The molecule has 0 bridgehead atoms. The van der Waals surface area contributed by atoms with E-state index in [1.165, 1.54) is 28.6 Å². The Morgan fingerprint density at radius 2 is 2.36 bits per heavy atom. The van der Waals surface area contributed by atoms with Gasteiger partial charge in [0.05, 0.1) is 5.88 Å². The third-order valence-corrected chi connectivity index (χ3v) is 1.70. The van der Waals surface area contributed by atoms with Gasteiger partial charge in [0.1, 0.15) is 0 Å². The van der Waals surface area contributed by atoms with Gasteiger partial charge in [-0.2, -0.15) is 0 Å². The van der Waals surface area contributed by atoms with Gasteiger partial charge in [0, 0.05) is 12.3 Å². The predicted octanol–water partition coefficient (Wildman–Crippen LogP) is -0.143. The van der Waals surface area contributed by atoms with E-state index in [2.05, 4.69) is 4.98 Å². The smallest absolute Gasteiger partial charge is 0.291 e. The largest absolute Gasteiger partial charge is 0.329 e. The van der Waals surface area contributed by atoms with Crippen molar-refractivity contribution in [3.63, 3.8) is 0 Å². The minimum absolute atomic E-state index is 0.354. The molecule has 0 atom stereocenters. The fourth-order valence-electron chi connectivity index (χ4n) is 0.685. The van der Waals surface area contributed by atoms with Gasteiger partial charge in [-0.05, 0) is 6.26 Å². The lowest BCUT2D eigenvalue weighted by atomic mass is 10.6. The second-order valence-electron chi connectivity index (χ2n) is 2.00. The molecule has 4 nitrogen and oxygen atoms in total. The highest BCUT2D eigenvalue weighted by molar-refractivity contribution is 7.97. The second-order valence-corrected chi connectivity index (χ2v) is 2.83. The molecule has 11 heavy (non-hydrogen) atoms. The standard InChI is InChI=1S/C6H8N2O2S/c1-11-4-8-3-2-5(9)7-6(8)10/h2-3H,4H2,1H3,(H,7,9,10). The van der Waals surface area contributed by atoms with Gasteiger partial charge in [-0.25, -0.2) is 4.79 Å². The summed E-state index contributed by atoms with van der Waals surface area (Å²) in [5.74, 6) is 0.565. The molecule has 0 radical (unpaired) electrons. The number of nitrogens with zero attached hydrogens (tertiary/aromatic N) is 1. The number of hydrogen-bond acceptors (Lipinski definition) is 3. The Kier molecular flexibility index (Phi) is 2.53. The van der Waals surface area contributed by atoms with Crippen molar-refractivity contribution in [2.45, 2.75) is 5.88 Å². The molecule has 1 rings (SSSR count). The van der Waals surface area contributed by atoms with Crippen molar-refractivity contribution in [2.24, 2.45) is 0 Å². The quantitative estimate of drug-likeness (QED) is 0.675. The Balaban J connectivity index is 3.10. The molecule has 1 heterocycles. The van der Waals surface area contributed by atoms with Crippen LogP contribution < -0.4 is 11.2 Å². The van der Waals surface area contributed by atoms with E-state index in [1.807, 2.05) is 6.26 Å². The number of aromatic nitrogens is 2. The van der Waals surface area contributed by atoms with Gasteiger partial charge in [0.15, 0.2) is 0 Å². The van der Waals surface area contributed by atoms with Crippen LogP contribution in [-0.4, -0.2) is 15.8 Å². The zero-order valence-electron chi connectivity index (χ0n) is 6.03. The van der Waals surface area contributed by atoms with Crippen molar-refractivity contribution < 1.29 is 0 Å². The average Bonchev–Trinajstić information content (AvgIpc) is 1.95. The molecule has 0 aliphatic heterocycles. The molecule has 1 aromatic rings. The van der Waals surface area contributed by atoms with E-state index in [9.17, 15) is 9.59 Å². The molecular weight excluding hydrogens is 164 g/mol. The Morgan fingerprint density at radius 1 is 1.64 bits per heavy atom. The van der Waals surface area contributed by atoms with E-state index in [4.69, 9.17) is 0 Å². The van der Waals surface area contributed by atoms with Crippen LogP contribution in [0.2, 0.25) is 0 Å². The SMILES string of the molecule is CSCn1ccc(=O)[nH]c1=O. The first kappa shape index (κ1) is 8.13. The van der Waals surface area contributed by atoms with E-state index >= 15 is 0 Å². The first-order chi connectivity index (χ1) is 5.24. The summed E-state index contributed by atoms with van der Waals surface area (Å²) in [7, 11) is 0. The lowest BCUT2D eigenvalue weighted by Gasteiger charge is -1.98. The number of thioether (sulfide) groups is 1. The van der Waals surface area contributed by atoms with Crippen LogP contribution in [-0.2, 0) is 5.88 Å². The van der Waals surface area contributed by atoms with Crippen LogP contribution in [0.5, 0.6) is 0 Å². The van der Waals surface area contributed by atoms with Gasteiger partial charge < -0.3 is 0 Å². The van der Waals surface area contributed by atoms with E-state index in [1.54, 1.807) is 0 Å². The summed E-state index contributed by atoms with van der Waals surface area (Å²) in [6.45, 7) is 0. The zero-order chi connectivity index (χ0) is 8.27. The third-order valence-electron chi connectivity index (χ3n) is 1.17. The van der Waals surface area contributed by atoms with Gasteiger partial charge in [0.2, 0.25) is 0 Å². The summed E-state index contributed by atoms with van der Waals surface area (Å²) in [6, 6.07) is 1.33. The molecular formula is C6H8N2O2S. The second kappa shape index (κ2) is 3.43. The molecule has 0 unspecified atom stereocenters. The third kappa shape index (κ3) is 1.98. The van der Waals surface area contributed by atoms with Crippen LogP contribution in [0, 0.1) is 0 Å². The van der Waals surface area contributed by atoms with Crippen LogP contribution in [0.4, 0.5) is 0 Å². The van der Waals surface area contributed by atoms with Crippen LogP contribution in [0.1, 0.15) is 0 Å². The Morgan fingerprint density at radius 3 is 2.91 bits per heavy atom. The zero-order valence-corrected chi connectivity index (χ0v) is 6.85. The van der Waals surface area contributed by atoms with E-state index in [0.717, 1.165) is 0 Å². The van der Waals surface area contributed by atoms with Crippen molar-refractivity contribution in [1.29, 1.82) is 0 Å².